The third-order valence-corrected chi connectivity index (χ3v) is 1.20. The zero-order valence-corrected chi connectivity index (χ0v) is 7.36. The Bertz CT molecular complexity index is 258. The molecule has 0 radical (unpaired) electrons. The van der Waals surface area contributed by atoms with E-state index in [2.05, 4.69) is 0 Å². The van der Waals surface area contributed by atoms with E-state index in [9.17, 15) is 19.2 Å². The number of carbonyl (C=O) groups is 4. The van der Waals surface area contributed by atoms with Crippen molar-refractivity contribution in [2.24, 2.45) is 5.73 Å². The maximum absolute atomic E-state index is 11.0. The highest BCUT2D eigenvalue weighted by Gasteiger charge is 2.23. The van der Waals surface area contributed by atoms with Gasteiger partial charge >= 0.3 is 0 Å². The van der Waals surface area contributed by atoms with Crippen molar-refractivity contribution in [1.29, 1.82) is 0 Å². The Morgan fingerprint density at radius 2 is 1.46 bits per heavy atom. The number of nitrogens with zero attached hydrogens (tertiary/aromatic N) is 1. The standard InChI is InChI=1S/C7H10N2O4/c1-4(10)9(5(2)11)7(13)3-6(8)12/h3H2,1-2H3,(H2,8,12). The first-order valence-electron chi connectivity index (χ1n) is 3.48. The minimum atomic E-state index is -0.896. The van der Waals surface area contributed by atoms with Gasteiger partial charge in [0.1, 0.15) is 6.42 Å². The van der Waals surface area contributed by atoms with Crippen molar-refractivity contribution < 1.29 is 19.2 Å². The van der Waals surface area contributed by atoms with Gasteiger partial charge in [0, 0.05) is 13.8 Å². The molecule has 0 aromatic heterocycles. The van der Waals surface area contributed by atoms with E-state index in [0.29, 0.717) is 4.90 Å². The normalized spacial score (nSPS) is 9.08. The van der Waals surface area contributed by atoms with Crippen molar-refractivity contribution in [3.05, 3.63) is 0 Å². The zero-order chi connectivity index (χ0) is 10.6. The van der Waals surface area contributed by atoms with Crippen LogP contribution in [0.25, 0.3) is 0 Å². The second-order valence-corrected chi connectivity index (χ2v) is 2.41. The first-order valence-corrected chi connectivity index (χ1v) is 3.48. The van der Waals surface area contributed by atoms with Crippen molar-refractivity contribution in [3.8, 4) is 0 Å². The molecule has 2 N–H and O–H groups in total. The Kier molecular flexibility index (Phi) is 3.77. The van der Waals surface area contributed by atoms with Crippen LogP contribution in [0.3, 0.4) is 0 Å². The summed E-state index contributed by atoms with van der Waals surface area (Å²) in [4.78, 5) is 43.2. The van der Waals surface area contributed by atoms with Gasteiger partial charge in [-0.1, -0.05) is 0 Å². The molecule has 0 aliphatic rings. The van der Waals surface area contributed by atoms with Crippen LogP contribution in [0.15, 0.2) is 0 Å². The van der Waals surface area contributed by atoms with Gasteiger partial charge in [-0.2, -0.15) is 0 Å². The molecule has 0 heterocycles. The van der Waals surface area contributed by atoms with Gasteiger partial charge in [-0.3, -0.25) is 19.2 Å². The van der Waals surface area contributed by atoms with Gasteiger partial charge in [-0.15, -0.1) is 0 Å². The van der Waals surface area contributed by atoms with Gasteiger partial charge in [0.15, 0.2) is 0 Å². The third kappa shape index (κ3) is 3.46. The highest BCUT2D eigenvalue weighted by molar-refractivity contribution is 6.13. The number of hydrogen-bond acceptors (Lipinski definition) is 4. The second-order valence-electron chi connectivity index (χ2n) is 2.41. The van der Waals surface area contributed by atoms with Crippen LogP contribution >= 0.6 is 0 Å². The SMILES string of the molecule is CC(=O)N(C(C)=O)C(=O)CC(N)=O. The summed E-state index contributed by atoms with van der Waals surface area (Å²) < 4.78 is 0. The summed E-state index contributed by atoms with van der Waals surface area (Å²) in [6, 6.07) is 0. The predicted octanol–water partition coefficient (Wildman–Crippen LogP) is -1.22. The number of amides is 4. The van der Waals surface area contributed by atoms with E-state index in [1.165, 1.54) is 0 Å². The van der Waals surface area contributed by atoms with Gasteiger partial charge < -0.3 is 5.73 Å². The molecule has 0 unspecified atom stereocenters. The summed E-state index contributed by atoms with van der Waals surface area (Å²) in [6.45, 7) is 2.11. The molecule has 0 saturated carbocycles. The zero-order valence-electron chi connectivity index (χ0n) is 7.36. The molecule has 72 valence electrons. The van der Waals surface area contributed by atoms with E-state index >= 15 is 0 Å². The molecule has 0 rings (SSSR count). The van der Waals surface area contributed by atoms with E-state index in [0.717, 1.165) is 13.8 Å². The van der Waals surface area contributed by atoms with Gasteiger partial charge in [0.05, 0.1) is 0 Å². The minimum absolute atomic E-state index is 0.380. The molecule has 6 nitrogen and oxygen atoms in total. The Balaban J connectivity index is 4.57. The molecule has 0 saturated heterocycles. The lowest BCUT2D eigenvalue weighted by molar-refractivity contribution is -0.152. The molecule has 13 heavy (non-hydrogen) atoms. The van der Waals surface area contributed by atoms with E-state index in [4.69, 9.17) is 5.73 Å². The van der Waals surface area contributed by atoms with Gasteiger partial charge in [0.2, 0.25) is 23.6 Å². The first kappa shape index (κ1) is 11.3. The summed E-state index contributed by atoms with van der Waals surface area (Å²) in [5.74, 6) is -3.22. The van der Waals surface area contributed by atoms with Crippen LogP contribution in [0.5, 0.6) is 0 Å². The summed E-state index contributed by atoms with van der Waals surface area (Å²) >= 11 is 0. The Labute approximate surface area is 74.7 Å². The second kappa shape index (κ2) is 4.34. The number of rotatable bonds is 2. The van der Waals surface area contributed by atoms with Crippen LogP contribution in [-0.4, -0.2) is 28.5 Å². The average Bonchev–Trinajstić information content (AvgIpc) is 1.81. The van der Waals surface area contributed by atoms with Gasteiger partial charge in [-0.25, -0.2) is 4.90 Å². The van der Waals surface area contributed by atoms with Crippen molar-refractivity contribution in [3.63, 3.8) is 0 Å². The Morgan fingerprint density at radius 1 is 1.08 bits per heavy atom. The largest absolute Gasteiger partial charge is 0.369 e. The molecule has 0 fully saturated rings. The molecule has 0 spiro atoms. The van der Waals surface area contributed by atoms with Crippen molar-refractivity contribution in [2.45, 2.75) is 20.3 Å². The molecule has 0 aromatic carbocycles. The number of carbonyl (C=O) groups excluding carboxylic acids is 4. The van der Waals surface area contributed by atoms with Gasteiger partial charge in [0.25, 0.3) is 0 Å². The smallest absolute Gasteiger partial charge is 0.245 e. The monoisotopic (exact) mass is 186 g/mol. The number of primary amides is 1. The number of hydrogen-bond donors (Lipinski definition) is 1. The lowest BCUT2D eigenvalue weighted by Crippen LogP contribution is -2.40. The van der Waals surface area contributed by atoms with Crippen LogP contribution < -0.4 is 5.73 Å². The van der Waals surface area contributed by atoms with E-state index < -0.39 is 30.0 Å². The van der Waals surface area contributed by atoms with E-state index in [1.807, 2.05) is 0 Å². The highest BCUT2D eigenvalue weighted by Crippen LogP contribution is 1.95. The number of nitrogens with two attached hydrogens (primary N) is 1. The fourth-order valence-corrected chi connectivity index (χ4v) is 0.801. The van der Waals surface area contributed by atoms with Gasteiger partial charge in [-0.05, 0) is 0 Å². The summed E-state index contributed by atoms with van der Waals surface area (Å²) in [5.41, 5.74) is 4.72. The van der Waals surface area contributed by atoms with E-state index in [-0.39, 0.29) is 0 Å². The van der Waals surface area contributed by atoms with Crippen LogP contribution in [-0.2, 0) is 19.2 Å². The lowest BCUT2D eigenvalue weighted by atomic mass is 10.3. The maximum atomic E-state index is 11.0. The van der Waals surface area contributed by atoms with Crippen LogP contribution in [0.4, 0.5) is 0 Å². The minimum Gasteiger partial charge on any atom is -0.369 e. The molecule has 0 bridgehead atoms. The molecular formula is C7H10N2O4. The molecule has 0 aliphatic carbocycles. The predicted molar refractivity (Wildman–Crippen MR) is 42.0 cm³/mol. The molecule has 0 aromatic rings. The maximum Gasteiger partial charge on any atom is 0.245 e. The fraction of sp³-hybridized carbons (Fsp3) is 0.429. The Morgan fingerprint density at radius 3 is 1.69 bits per heavy atom. The summed E-state index contributed by atoms with van der Waals surface area (Å²) in [5, 5.41) is 0. The average molecular weight is 186 g/mol. The van der Waals surface area contributed by atoms with Crippen molar-refractivity contribution >= 4 is 23.6 Å². The van der Waals surface area contributed by atoms with Crippen LogP contribution in [0, 0.1) is 0 Å². The van der Waals surface area contributed by atoms with E-state index in [1.54, 1.807) is 0 Å². The quantitative estimate of drug-likeness (QED) is 0.546. The van der Waals surface area contributed by atoms with Crippen LogP contribution in [0.2, 0.25) is 0 Å². The molecule has 6 heteroatoms. The summed E-state index contributed by atoms with van der Waals surface area (Å²) in [6.07, 6.45) is -0.640. The highest BCUT2D eigenvalue weighted by atomic mass is 16.2. The topological polar surface area (TPSA) is 97.5 Å². The molecule has 0 aliphatic heterocycles. The summed E-state index contributed by atoms with van der Waals surface area (Å²) in [7, 11) is 0. The van der Waals surface area contributed by atoms with Crippen molar-refractivity contribution in [1.82, 2.24) is 4.90 Å². The third-order valence-electron chi connectivity index (χ3n) is 1.20. The molecule has 0 atom stereocenters. The first-order chi connectivity index (χ1) is 5.86. The molecular weight excluding hydrogens is 176 g/mol. The van der Waals surface area contributed by atoms with Crippen LogP contribution in [0.1, 0.15) is 20.3 Å². The van der Waals surface area contributed by atoms with Crippen molar-refractivity contribution in [2.75, 3.05) is 0 Å². The molecule has 4 amide bonds. The lowest BCUT2D eigenvalue weighted by Gasteiger charge is -2.13. The number of imide groups is 3. The fourth-order valence-electron chi connectivity index (χ4n) is 0.801. The Hall–Kier alpha value is -1.72.